The smallest absolute Gasteiger partial charge is 0.259 e. The Labute approximate surface area is 144 Å². The third-order valence-electron chi connectivity index (χ3n) is 4.73. The highest BCUT2D eigenvalue weighted by Gasteiger charge is 2.29. The lowest BCUT2D eigenvalue weighted by Gasteiger charge is -2.24. The highest BCUT2D eigenvalue weighted by Crippen LogP contribution is 2.24. The second-order valence-electron chi connectivity index (χ2n) is 6.23. The zero-order valence-electron chi connectivity index (χ0n) is 13.4. The lowest BCUT2D eigenvalue weighted by Crippen LogP contribution is -2.35. The molecule has 0 bridgehead atoms. The fourth-order valence-electron chi connectivity index (χ4n) is 3.46. The van der Waals surface area contributed by atoms with Gasteiger partial charge in [-0.05, 0) is 44.5 Å². The SMILES string of the molecule is O=C(Nc1nncs1)c1ccc(N2CCC(N3CCCC3)C2)nc1. The van der Waals surface area contributed by atoms with Crippen molar-refractivity contribution in [2.75, 3.05) is 36.4 Å². The minimum atomic E-state index is -0.206. The first kappa shape index (κ1) is 15.5. The van der Waals surface area contributed by atoms with Gasteiger partial charge in [0.15, 0.2) is 0 Å². The van der Waals surface area contributed by atoms with E-state index in [-0.39, 0.29) is 5.91 Å². The molecule has 1 N–H and O–H groups in total. The zero-order valence-corrected chi connectivity index (χ0v) is 14.2. The molecular weight excluding hydrogens is 324 g/mol. The van der Waals surface area contributed by atoms with Gasteiger partial charge in [-0.25, -0.2) is 4.98 Å². The van der Waals surface area contributed by atoms with Crippen molar-refractivity contribution in [2.24, 2.45) is 0 Å². The van der Waals surface area contributed by atoms with E-state index in [0.29, 0.717) is 16.7 Å². The molecule has 24 heavy (non-hydrogen) atoms. The van der Waals surface area contributed by atoms with Gasteiger partial charge in [0.25, 0.3) is 5.91 Å². The molecule has 1 unspecified atom stereocenters. The van der Waals surface area contributed by atoms with Gasteiger partial charge in [0.1, 0.15) is 11.3 Å². The van der Waals surface area contributed by atoms with Crippen LogP contribution >= 0.6 is 11.3 Å². The standard InChI is InChI=1S/C16H20N6OS/c23-15(19-16-20-18-11-24-16)12-3-4-14(17-9-12)22-8-5-13(10-22)21-6-1-2-7-21/h3-4,9,11,13H,1-2,5-8,10H2,(H,19,20,23). The van der Waals surface area contributed by atoms with Gasteiger partial charge < -0.3 is 4.90 Å². The summed E-state index contributed by atoms with van der Waals surface area (Å²) in [7, 11) is 0. The average molecular weight is 344 g/mol. The Morgan fingerprint density at radius 2 is 2.12 bits per heavy atom. The van der Waals surface area contributed by atoms with Gasteiger partial charge in [-0.15, -0.1) is 10.2 Å². The number of amides is 1. The normalized spacial score (nSPS) is 21.3. The van der Waals surface area contributed by atoms with Gasteiger partial charge in [0.2, 0.25) is 5.13 Å². The maximum atomic E-state index is 12.1. The zero-order chi connectivity index (χ0) is 16.4. The molecule has 4 rings (SSSR count). The van der Waals surface area contributed by atoms with Crippen molar-refractivity contribution in [1.82, 2.24) is 20.1 Å². The maximum absolute atomic E-state index is 12.1. The predicted octanol–water partition coefficient (Wildman–Crippen LogP) is 1.86. The molecule has 2 aliphatic rings. The molecule has 7 nitrogen and oxygen atoms in total. The summed E-state index contributed by atoms with van der Waals surface area (Å²) in [6.07, 6.45) is 5.48. The number of hydrogen-bond acceptors (Lipinski definition) is 7. The number of rotatable bonds is 4. The van der Waals surface area contributed by atoms with Crippen LogP contribution in [0.1, 0.15) is 29.6 Å². The van der Waals surface area contributed by atoms with E-state index < -0.39 is 0 Å². The van der Waals surface area contributed by atoms with Crippen molar-refractivity contribution in [3.63, 3.8) is 0 Å². The molecule has 0 saturated carbocycles. The minimum absolute atomic E-state index is 0.206. The Bertz CT molecular complexity index is 683. The molecule has 0 spiro atoms. The van der Waals surface area contributed by atoms with Crippen LogP contribution in [0.5, 0.6) is 0 Å². The largest absolute Gasteiger partial charge is 0.355 e. The van der Waals surface area contributed by atoms with Crippen LogP contribution in [0.3, 0.4) is 0 Å². The Hall–Kier alpha value is -2.06. The van der Waals surface area contributed by atoms with Gasteiger partial charge in [0.05, 0.1) is 5.56 Å². The summed E-state index contributed by atoms with van der Waals surface area (Å²) in [4.78, 5) is 21.5. The summed E-state index contributed by atoms with van der Waals surface area (Å²) in [5, 5.41) is 10.7. The monoisotopic (exact) mass is 344 g/mol. The van der Waals surface area contributed by atoms with Crippen molar-refractivity contribution in [2.45, 2.75) is 25.3 Å². The minimum Gasteiger partial charge on any atom is -0.355 e. The van der Waals surface area contributed by atoms with Gasteiger partial charge in [-0.1, -0.05) is 11.3 Å². The molecule has 4 heterocycles. The number of pyridine rings is 1. The fraction of sp³-hybridized carbons (Fsp3) is 0.500. The van der Waals surface area contributed by atoms with E-state index in [4.69, 9.17) is 0 Å². The number of anilines is 2. The van der Waals surface area contributed by atoms with Crippen molar-refractivity contribution in [3.05, 3.63) is 29.4 Å². The molecule has 0 aliphatic carbocycles. The third-order valence-corrected chi connectivity index (χ3v) is 5.34. The molecular formula is C16H20N6OS. The highest BCUT2D eigenvalue weighted by atomic mass is 32.1. The molecule has 126 valence electrons. The summed E-state index contributed by atoms with van der Waals surface area (Å²) in [5.74, 6) is 0.742. The third kappa shape index (κ3) is 3.25. The molecule has 2 fully saturated rings. The topological polar surface area (TPSA) is 74.2 Å². The number of likely N-dealkylation sites (tertiary alicyclic amines) is 1. The van der Waals surface area contributed by atoms with E-state index in [0.717, 1.165) is 18.9 Å². The fourth-order valence-corrected chi connectivity index (χ4v) is 3.90. The van der Waals surface area contributed by atoms with Crippen molar-refractivity contribution in [3.8, 4) is 0 Å². The first-order chi connectivity index (χ1) is 11.8. The molecule has 1 atom stereocenters. The van der Waals surface area contributed by atoms with Crippen LogP contribution < -0.4 is 10.2 Å². The predicted molar refractivity (Wildman–Crippen MR) is 93.5 cm³/mol. The number of nitrogens with zero attached hydrogens (tertiary/aromatic N) is 5. The summed E-state index contributed by atoms with van der Waals surface area (Å²) in [6, 6.07) is 4.40. The number of carbonyl (C=O) groups is 1. The van der Waals surface area contributed by atoms with E-state index in [9.17, 15) is 4.79 Å². The first-order valence-electron chi connectivity index (χ1n) is 8.32. The molecule has 1 amide bonds. The second-order valence-corrected chi connectivity index (χ2v) is 7.07. The molecule has 0 radical (unpaired) electrons. The lowest BCUT2D eigenvalue weighted by atomic mass is 10.2. The highest BCUT2D eigenvalue weighted by molar-refractivity contribution is 7.13. The molecule has 2 aliphatic heterocycles. The Balaban J connectivity index is 1.38. The summed E-state index contributed by atoms with van der Waals surface area (Å²) in [6.45, 7) is 4.53. The molecule has 8 heteroatoms. The summed E-state index contributed by atoms with van der Waals surface area (Å²) >= 11 is 1.29. The molecule has 2 aromatic heterocycles. The molecule has 2 saturated heterocycles. The number of aromatic nitrogens is 3. The van der Waals surface area contributed by atoms with Crippen LogP contribution in [0.2, 0.25) is 0 Å². The van der Waals surface area contributed by atoms with Crippen molar-refractivity contribution >= 4 is 28.2 Å². The van der Waals surface area contributed by atoms with Gasteiger partial charge in [-0.3, -0.25) is 15.0 Å². The average Bonchev–Trinajstić information content (AvgIpc) is 3.36. The van der Waals surface area contributed by atoms with Crippen molar-refractivity contribution in [1.29, 1.82) is 0 Å². The van der Waals surface area contributed by atoms with E-state index in [2.05, 4.69) is 30.3 Å². The Morgan fingerprint density at radius 3 is 2.83 bits per heavy atom. The Kier molecular flexibility index (Phi) is 4.40. The molecule has 2 aromatic rings. The van der Waals surface area contributed by atoms with Crippen LogP contribution in [-0.2, 0) is 0 Å². The van der Waals surface area contributed by atoms with E-state index in [1.54, 1.807) is 11.7 Å². The maximum Gasteiger partial charge on any atom is 0.259 e. The summed E-state index contributed by atoms with van der Waals surface area (Å²) < 4.78 is 0. The van der Waals surface area contributed by atoms with Gasteiger partial charge in [0, 0.05) is 25.3 Å². The van der Waals surface area contributed by atoms with Crippen LogP contribution in [0.25, 0.3) is 0 Å². The Morgan fingerprint density at radius 1 is 1.25 bits per heavy atom. The van der Waals surface area contributed by atoms with Crippen LogP contribution in [-0.4, -0.2) is 58.2 Å². The van der Waals surface area contributed by atoms with Crippen molar-refractivity contribution < 1.29 is 4.79 Å². The number of carbonyl (C=O) groups excluding carboxylic acids is 1. The quantitative estimate of drug-likeness (QED) is 0.912. The second kappa shape index (κ2) is 6.82. The first-order valence-corrected chi connectivity index (χ1v) is 9.20. The summed E-state index contributed by atoms with van der Waals surface area (Å²) in [5.41, 5.74) is 2.12. The molecule has 0 aromatic carbocycles. The lowest BCUT2D eigenvalue weighted by molar-refractivity contribution is 0.102. The van der Waals surface area contributed by atoms with E-state index in [1.165, 1.54) is 43.7 Å². The number of nitrogens with one attached hydrogen (secondary N) is 1. The van der Waals surface area contributed by atoms with E-state index >= 15 is 0 Å². The van der Waals surface area contributed by atoms with E-state index in [1.807, 2.05) is 12.1 Å². The van der Waals surface area contributed by atoms with Gasteiger partial charge >= 0.3 is 0 Å². The van der Waals surface area contributed by atoms with Crippen LogP contribution in [0, 0.1) is 0 Å². The van der Waals surface area contributed by atoms with Crippen LogP contribution in [0.4, 0.5) is 10.9 Å². The number of hydrogen-bond donors (Lipinski definition) is 1. The van der Waals surface area contributed by atoms with Crippen LogP contribution in [0.15, 0.2) is 23.8 Å². The van der Waals surface area contributed by atoms with Gasteiger partial charge in [-0.2, -0.15) is 0 Å².